The molecular weight excluding hydrogens is 330 g/mol. The predicted octanol–water partition coefficient (Wildman–Crippen LogP) is 3.06. The number of rotatable bonds is 6. The average Bonchev–Trinajstić information content (AvgIpc) is 3.16. The molecule has 0 aliphatic heterocycles. The smallest absolute Gasteiger partial charge is 0.328 e. The van der Waals surface area contributed by atoms with E-state index >= 15 is 0 Å². The number of hydrogen-bond donors (Lipinski definition) is 2. The zero-order valence-corrected chi connectivity index (χ0v) is 14.5. The molecule has 0 unspecified atom stereocenters. The fraction of sp³-hybridized carbons (Fsp3) is 0.211. The van der Waals surface area contributed by atoms with E-state index in [1.165, 1.54) is 0 Å². The van der Waals surface area contributed by atoms with Crippen LogP contribution in [0.5, 0.6) is 0 Å². The molecule has 26 heavy (non-hydrogen) atoms. The fourth-order valence-corrected chi connectivity index (χ4v) is 2.65. The minimum atomic E-state index is -0.914. The number of nitrogens with one attached hydrogen (secondary N) is 1. The zero-order valence-electron chi connectivity index (χ0n) is 14.5. The molecule has 0 amide bonds. The highest BCUT2D eigenvalue weighted by atomic mass is 16.4. The molecule has 0 fully saturated rings. The molecule has 132 valence electrons. The summed E-state index contributed by atoms with van der Waals surface area (Å²) in [5.41, 5.74) is 3.76. The van der Waals surface area contributed by atoms with Crippen molar-refractivity contribution in [3.63, 3.8) is 0 Å². The van der Waals surface area contributed by atoms with Crippen LogP contribution in [0.3, 0.4) is 0 Å². The summed E-state index contributed by atoms with van der Waals surface area (Å²) in [7, 11) is 0. The summed E-state index contributed by atoms with van der Waals surface area (Å²) in [4.78, 5) is 15.4. The molecule has 7 nitrogen and oxygen atoms in total. The number of carbonyl (C=O) groups is 1. The summed E-state index contributed by atoms with van der Waals surface area (Å²) in [5, 5.41) is 23.2. The molecule has 0 radical (unpaired) electrons. The van der Waals surface area contributed by atoms with E-state index in [0.717, 1.165) is 22.3 Å². The van der Waals surface area contributed by atoms with Crippen LogP contribution < -0.4 is 0 Å². The van der Waals surface area contributed by atoms with Gasteiger partial charge >= 0.3 is 5.97 Å². The van der Waals surface area contributed by atoms with Gasteiger partial charge in [-0.2, -0.15) is 0 Å². The third-order valence-corrected chi connectivity index (χ3v) is 4.02. The number of aliphatic imine (C=N–C) groups is 1. The number of nitrogens with zero attached hydrogens (tertiary/aromatic N) is 4. The molecule has 1 heterocycles. The van der Waals surface area contributed by atoms with Gasteiger partial charge in [-0.3, -0.25) is 4.99 Å². The number of carboxylic acid groups (broad SMARTS) is 1. The van der Waals surface area contributed by atoms with Crippen molar-refractivity contribution < 1.29 is 9.90 Å². The first kappa shape index (κ1) is 17.5. The Morgan fingerprint density at radius 3 is 2.38 bits per heavy atom. The molecule has 3 aromatic rings. The van der Waals surface area contributed by atoms with E-state index in [2.05, 4.69) is 25.6 Å². The third kappa shape index (κ3) is 3.83. The summed E-state index contributed by atoms with van der Waals surface area (Å²) < 4.78 is 0. The van der Waals surface area contributed by atoms with Crippen LogP contribution in [-0.4, -0.2) is 44.0 Å². The van der Waals surface area contributed by atoms with Crippen molar-refractivity contribution in [1.82, 2.24) is 20.6 Å². The normalized spacial score (nSPS) is 12.6. The van der Waals surface area contributed by atoms with Crippen molar-refractivity contribution in [2.45, 2.75) is 19.9 Å². The second kappa shape index (κ2) is 7.69. The quantitative estimate of drug-likeness (QED) is 0.666. The van der Waals surface area contributed by atoms with Gasteiger partial charge in [0.15, 0.2) is 5.82 Å². The first-order valence-electron chi connectivity index (χ1n) is 8.26. The molecule has 2 aromatic carbocycles. The van der Waals surface area contributed by atoms with Crippen molar-refractivity contribution in [2.75, 3.05) is 0 Å². The highest BCUT2D eigenvalue weighted by Gasteiger charge is 2.19. The minimum Gasteiger partial charge on any atom is -0.480 e. The van der Waals surface area contributed by atoms with Crippen LogP contribution in [0, 0.1) is 5.92 Å². The Morgan fingerprint density at radius 2 is 1.81 bits per heavy atom. The Hall–Kier alpha value is -3.35. The molecule has 0 saturated heterocycles. The summed E-state index contributed by atoms with van der Waals surface area (Å²) in [6.07, 6.45) is 1.61. The van der Waals surface area contributed by atoms with Crippen LogP contribution in [0.25, 0.3) is 22.5 Å². The van der Waals surface area contributed by atoms with Gasteiger partial charge in [-0.05, 0) is 33.0 Å². The van der Waals surface area contributed by atoms with E-state index in [-0.39, 0.29) is 5.92 Å². The van der Waals surface area contributed by atoms with Gasteiger partial charge in [0.2, 0.25) is 0 Å². The number of carboxylic acids is 1. The minimum absolute atomic E-state index is 0.0644. The van der Waals surface area contributed by atoms with Gasteiger partial charge in [0.1, 0.15) is 6.04 Å². The fourth-order valence-electron chi connectivity index (χ4n) is 2.65. The van der Waals surface area contributed by atoms with Gasteiger partial charge in [-0.1, -0.05) is 62.4 Å². The van der Waals surface area contributed by atoms with Crippen LogP contribution in [0.1, 0.15) is 19.4 Å². The van der Waals surface area contributed by atoms with Gasteiger partial charge < -0.3 is 5.11 Å². The molecule has 0 spiro atoms. The van der Waals surface area contributed by atoms with Crippen LogP contribution in [0.15, 0.2) is 53.5 Å². The van der Waals surface area contributed by atoms with Gasteiger partial charge in [0, 0.05) is 11.8 Å². The Morgan fingerprint density at radius 1 is 1.12 bits per heavy atom. The second-order valence-electron chi connectivity index (χ2n) is 6.22. The van der Waals surface area contributed by atoms with Crippen LogP contribution in [0.4, 0.5) is 0 Å². The highest BCUT2D eigenvalue weighted by molar-refractivity contribution is 5.86. The van der Waals surface area contributed by atoms with Gasteiger partial charge in [0.25, 0.3) is 0 Å². The van der Waals surface area contributed by atoms with E-state index < -0.39 is 12.0 Å². The van der Waals surface area contributed by atoms with Crippen molar-refractivity contribution in [1.29, 1.82) is 0 Å². The van der Waals surface area contributed by atoms with Crippen LogP contribution in [-0.2, 0) is 4.79 Å². The van der Waals surface area contributed by atoms with Crippen molar-refractivity contribution in [3.8, 4) is 22.5 Å². The molecule has 2 N–H and O–H groups in total. The number of aromatic nitrogens is 4. The second-order valence-corrected chi connectivity index (χ2v) is 6.22. The van der Waals surface area contributed by atoms with Crippen LogP contribution >= 0.6 is 0 Å². The molecule has 0 aliphatic rings. The number of aromatic amines is 1. The lowest BCUT2D eigenvalue weighted by Gasteiger charge is -2.10. The molecule has 7 heteroatoms. The summed E-state index contributed by atoms with van der Waals surface area (Å²) >= 11 is 0. The van der Waals surface area contributed by atoms with Gasteiger partial charge in [0.05, 0.1) is 0 Å². The summed E-state index contributed by atoms with van der Waals surface area (Å²) in [6.45, 7) is 3.68. The Bertz CT molecular complexity index is 902. The molecule has 1 atom stereocenters. The highest BCUT2D eigenvalue weighted by Crippen LogP contribution is 2.29. The van der Waals surface area contributed by atoms with Crippen molar-refractivity contribution in [2.24, 2.45) is 10.9 Å². The van der Waals surface area contributed by atoms with Crippen molar-refractivity contribution >= 4 is 12.2 Å². The van der Waals surface area contributed by atoms with E-state index in [4.69, 9.17) is 0 Å². The van der Waals surface area contributed by atoms with E-state index in [0.29, 0.717) is 5.82 Å². The first-order valence-corrected chi connectivity index (χ1v) is 8.26. The maximum atomic E-state index is 11.2. The number of benzene rings is 2. The van der Waals surface area contributed by atoms with Crippen LogP contribution in [0.2, 0.25) is 0 Å². The lowest BCUT2D eigenvalue weighted by Crippen LogP contribution is -2.24. The summed E-state index contributed by atoms with van der Waals surface area (Å²) in [6, 6.07) is 14.9. The number of H-pyrrole nitrogens is 1. The third-order valence-electron chi connectivity index (χ3n) is 4.02. The molecule has 0 saturated carbocycles. The Labute approximate surface area is 150 Å². The van der Waals surface area contributed by atoms with Gasteiger partial charge in [-0.25, -0.2) is 9.89 Å². The zero-order chi connectivity index (χ0) is 18.5. The van der Waals surface area contributed by atoms with Crippen molar-refractivity contribution in [3.05, 3.63) is 54.1 Å². The van der Waals surface area contributed by atoms with E-state index in [9.17, 15) is 9.90 Å². The maximum absolute atomic E-state index is 11.2. The number of tetrazole rings is 1. The Kier molecular flexibility index (Phi) is 5.17. The average molecular weight is 349 g/mol. The molecule has 3 rings (SSSR count). The van der Waals surface area contributed by atoms with Gasteiger partial charge in [-0.15, -0.1) is 5.10 Å². The topological polar surface area (TPSA) is 104 Å². The first-order chi connectivity index (χ1) is 12.6. The Balaban J connectivity index is 1.86. The largest absolute Gasteiger partial charge is 0.480 e. The number of aliphatic carboxylic acids is 1. The molecule has 1 aromatic heterocycles. The summed E-state index contributed by atoms with van der Waals surface area (Å²) in [5.74, 6) is -0.375. The van der Waals surface area contributed by atoms with E-state index in [1.807, 2.05) is 62.4 Å². The maximum Gasteiger partial charge on any atom is 0.328 e. The molecular formula is C19H19N5O2. The lowest BCUT2D eigenvalue weighted by molar-refractivity contribution is -0.139. The SMILES string of the molecule is CC(C)[C@H](/N=C/c1ccc(-c2ccccc2-c2nnn[nH]2)cc1)C(=O)O. The standard InChI is InChI=1S/C19H19N5O2/c1-12(2)17(19(25)26)20-11-13-7-9-14(10-8-13)15-5-3-4-6-16(15)18-21-23-24-22-18/h3-12,17H,1-2H3,(H,25,26)(H,21,22,23,24)/b20-11+/t17-/m0/s1. The van der Waals surface area contributed by atoms with E-state index in [1.54, 1.807) is 6.21 Å². The predicted molar refractivity (Wildman–Crippen MR) is 98.9 cm³/mol. The molecule has 0 bridgehead atoms. The lowest BCUT2D eigenvalue weighted by atomic mass is 9.98. The number of hydrogen-bond acceptors (Lipinski definition) is 5. The monoisotopic (exact) mass is 349 g/mol. The molecule has 0 aliphatic carbocycles.